The molecule has 0 aliphatic rings. The molecule has 0 fully saturated rings. The van der Waals surface area contributed by atoms with Gasteiger partial charge in [-0.25, -0.2) is 14.8 Å². The van der Waals surface area contributed by atoms with Crippen molar-refractivity contribution >= 4 is 5.97 Å². The highest BCUT2D eigenvalue weighted by atomic mass is 16.4. The van der Waals surface area contributed by atoms with Crippen molar-refractivity contribution in [1.29, 1.82) is 0 Å². The first kappa shape index (κ1) is 9.26. The number of aromatic nitrogens is 3. The Hall–Kier alpha value is -2.30. The van der Waals surface area contributed by atoms with Crippen LogP contribution in [0.2, 0.25) is 0 Å². The molecule has 0 atom stereocenters. The highest BCUT2D eigenvalue weighted by Crippen LogP contribution is 2.18. The van der Waals surface area contributed by atoms with Gasteiger partial charge >= 0.3 is 5.97 Å². The molecule has 0 aromatic carbocycles. The van der Waals surface area contributed by atoms with E-state index >= 15 is 0 Å². The Bertz CT molecular complexity index is 485. The summed E-state index contributed by atoms with van der Waals surface area (Å²) in [5, 5.41) is 8.95. The lowest BCUT2D eigenvalue weighted by atomic mass is 10.1. The number of carboxylic acids is 1. The van der Waals surface area contributed by atoms with E-state index in [9.17, 15) is 4.79 Å². The minimum absolute atomic E-state index is 0.146. The zero-order chi connectivity index (χ0) is 10.7. The minimum atomic E-state index is -1.01. The van der Waals surface area contributed by atoms with Crippen LogP contribution in [0.25, 0.3) is 11.3 Å². The van der Waals surface area contributed by atoms with Gasteiger partial charge in [-0.1, -0.05) is 0 Å². The van der Waals surface area contributed by atoms with Gasteiger partial charge in [0, 0.05) is 24.2 Å². The Morgan fingerprint density at radius 1 is 1.27 bits per heavy atom. The first-order valence-electron chi connectivity index (χ1n) is 4.23. The van der Waals surface area contributed by atoms with Gasteiger partial charge in [-0.05, 0) is 12.1 Å². The standard InChI is InChI=1S/C10H7N3O2/c14-10(15)8-2-1-3-13-9(8)7-4-11-6-12-5-7/h1-6H,(H,14,15). The molecule has 0 radical (unpaired) electrons. The van der Waals surface area contributed by atoms with Gasteiger partial charge in [0.2, 0.25) is 0 Å². The predicted molar refractivity (Wildman–Crippen MR) is 52.2 cm³/mol. The van der Waals surface area contributed by atoms with E-state index in [0.29, 0.717) is 11.3 Å². The van der Waals surface area contributed by atoms with Gasteiger partial charge in [0.15, 0.2) is 0 Å². The van der Waals surface area contributed by atoms with Crippen molar-refractivity contribution in [2.75, 3.05) is 0 Å². The van der Waals surface area contributed by atoms with Gasteiger partial charge in [0.1, 0.15) is 6.33 Å². The van der Waals surface area contributed by atoms with Crippen molar-refractivity contribution in [3.63, 3.8) is 0 Å². The molecule has 1 N–H and O–H groups in total. The molecule has 2 aromatic rings. The van der Waals surface area contributed by atoms with E-state index in [2.05, 4.69) is 15.0 Å². The first-order valence-corrected chi connectivity index (χ1v) is 4.23. The quantitative estimate of drug-likeness (QED) is 0.790. The Morgan fingerprint density at radius 2 is 2.00 bits per heavy atom. The topological polar surface area (TPSA) is 76.0 Å². The number of pyridine rings is 1. The third-order valence-electron chi connectivity index (χ3n) is 1.87. The number of aromatic carboxylic acids is 1. The van der Waals surface area contributed by atoms with Crippen LogP contribution in [0.15, 0.2) is 37.1 Å². The molecular formula is C10H7N3O2. The van der Waals surface area contributed by atoms with Crippen LogP contribution in [-0.2, 0) is 0 Å². The Labute approximate surface area is 85.5 Å². The fourth-order valence-corrected chi connectivity index (χ4v) is 1.23. The van der Waals surface area contributed by atoms with Crippen LogP contribution in [0.1, 0.15) is 10.4 Å². The van der Waals surface area contributed by atoms with Crippen molar-refractivity contribution in [2.45, 2.75) is 0 Å². The number of hydrogen-bond donors (Lipinski definition) is 1. The maximum Gasteiger partial charge on any atom is 0.337 e. The molecule has 0 bridgehead atoms. The second kappa shape index (κ2) is 3.83. The van der Waals surface area contributed by atoms with E-state index in [1.165, 1.54) is 31.0 Å². The van der Waals surface area contributed by atoms with E-state index in [4.69, 9.17) is 5.11 Å². The summed E-state index contributed by atoms with van der Waals surface area (Å²) in [5.41, 5.74) is 1.12. The molecule has 0 unspecified atom stereocenters. The molecule has 5 nitrogen and oxygen atoms in total. The van der Waals surface area contributed by atoms with Crippen molar-refractivity contribution in [2.24, 2.45) is 0 Å². The molecular weight excluding hydrogens is 194 g/mol. The van der Waals surface area contributed by atoms with Crippen LogP contribution in [0.4, 0.5) is 0 Å². The molecule has 0 saturated heterocycles. The van der Waals surface area contributed by atoms with Crippen LogP contribution in [0.3, 0.4) is 0 Å². The summed E-state index contributed by atoms with van der Waals surface area (Å²) in [6.07, 6.45) is 5.98. The summed E-state index contributed by atoms with van der Waals surface area (Å²) in [5.74, 6) is -1.01. The van der Waals surface area contributed by atoms with E-state index in [1.807, 2.05) is 0 Å². The van der Waals surface area contributed by atoms with Crippen LogP contribution < -0.4 is 0 Å². The number of nitrogens with zero attached hydrogens (tertiary/aromatic N) is 3. The molecule has 0 amide bonds. The third kappa shape index (κ3) is 1.80. The number of hydrogen-bond acceptors (Lipinski definition) is 4. The average molecular weight is 201 g/mol. The van der Waals surface area contributed by atoms with E-state index in [1.54, 1.807) is 6.07 Å². The lowest BCUT2D eigenvalue weighted by Gasteiger charge is -2.02. The molecule has 5 heteroatoms. The number of carboxylic acid groups (broad SMARTS) is 1. The van der Waals surface area contributed by atoms with Crippen LogP contribution in [0.5, 0.6) is 0 Å². The molecule has 15 heavy (non-hydrogen) atoms. The summed E-state index contributed by atoms with van der Waals surface area (Å²) in [6, 6.07) is 3.08. The Balaban J connectivity index is 2.58. The van der Waals surface area contributed by atoms with Gasteiger partial charge in [0.25, 0.3) is 0 Å². The summed E-state index contributed by atoms with van der Waals surface area (Å²) in [6.45, 7) is 0. The molecule has 0 saturated carbocycles. The lowest BCUT2D eigenvalue weighted by Crippen LogP contribution is -2.01. The first-order chi connectivity index (χ1) is 7.29. The summed E-state index contributed by atoms with van der Waals surface area (Å²) in [4.78, 5) is 22.6. The summed E-state index contributed by atoms with van der Waals surface area (Å²) < 4.78 is 0. The maximum absolute atomic E-state index is 10.9. The minimum Gasteiger partial charge on any atom is -0.478 e. The summed E-state index contributed by atoms with van der Waals surface area (Å²) >= 11 is 0. The summed E-state index contributed by atoms with van der Waals surface area (Å²) in [7, 11) is 0. The monoisotopic (exact) mass is 201 g/mol. The molecule has 74 valence electrons. The number of rotatable bonds is 2. The normalized spacial score (nSPS) is 9.87. The SMILES string of the molecule is O=C(O)c1cccnc1-c1cncnc1. The van der Waals surface area contributed by atoms with E-state index < -0.39 is 5.97 Å². The fraction of sp³-hybridized carbons (Fsp3) is 0. The van der Waals surface area contributed by atoms with Gasteiger partial charge in [-0.2, -0.15) is 0 Å². The molecule has 0 aliphatic heterocycles. The van der Waals surface area contributed by atoms with Gasteiger partial charge in [0.05, 0.1) is 11.3 Å². The Kier molecular flexibility index (Phi) is 2.37. The number of carbonyl (C=O) groups is 1. The molecule has 0 aliphatic carbocycles. The lowest BCUT2D eigenvalue weighted by molar-refractivity contribution is 0.0697. The highest BCUT2D eigenvalue weighted by Gasteiger charge is 2.12. The molecule has 2 aromatic heterocycles. The predicted octanol–water partition coefficient (Wildman–Crippen LogP) is 1.24. The van der Waals surface area contributed by atoms with Crippen LogP contribution in [-0.4, -0.2) is 26.0 Å². The van der Waals surface area contributed by atoms with Gasteiger partial charge in [-0.15, -0.1) is 0 Å². The van der Waals surface area contributed by atoms with E-state index in [-0.39, 0.29) is 5.56 Å². The average Bonchev–Trinajstić information content (AvgIpc) is 2.30. The molecule has 2 heterocycles. The highest BCUT2D eigenvalue weighted by molar-refractivity contribution is 5.94. The second-order valence-electron chi connectivity index (χ2n) is 2.83. The maximum atomic E-state index is 10.9. The van der Waals surface area contributed by atoms with Crippen molar-refractivity contribution in [3.05, 3.63) is 42.6 Å². The zero-order valence-corrected chi connectivity index (χ0v) is 7.66. The third-order valence-corrected chi connectivity index (χ3v) is 1.87. The van der Waals surface area contributed by atoms with Crippen LogP contribution >= 0.6 is 0 Å². The molecule has 2 rings (SSSR count). The van der Waals surface area contributed by atoms with Crippen molar-refractivity contribution in [3.8, 4) is 11.3 Å². The van der Waals surface area contributed by atoms with Gasteiger partial charge in [-0.3, -0.25) is 4.98 Å². The van der Waals surface area contributed by atoms with Gasteiger partial charge < -0.3 is 5.11 Å². The molecule has 0 spiro atoms. The second-order valence-corrected chi connectivity index (χ2v) is 2.83. The fourth-order valence-electron chi connectivity index (χ4n) is 1.23. The Morgan fingerprint density at radius 3 is 2.67 bits per heavy atom. The van der Waals surface area contributed by atoms with E-state index in [0.717, 1.165) is 0 Å². The van der Waals surface area contributed by atoms with Crippen molar-refractivity contribution in [1.82, 2.24) is 15.0 Å². The largest absolute Gasteiger partial charge is 0.478 e. The smallest absolute Gasteiger partial charge is 0.337 e. The zero-order valence-electron chi connectivity index (χ0n) is 7.66. The van der Waals surface area contributed by atoms with Crippen molar-refractivity contribution < 1.29 is 9.90 Å². The van der Waals surface area contributed by atoms with Crippen LogP contribution in [0, 0.1) is 0 Å².